The normalized spacial score (nSPS) is 52.9. The Bertz CT molecular complexity index is 618. The summed E-state index contributed by atoms with van der Waals surface area (Å²) >= 11 is 3.37. The Kier molecular flexibility index (Phi) is 6.03. The monoisotopic (exact) mass is 451 g/mol. The van der Waals surface area contributed by atoms with Gasteiger partial charge in [-0.2, -0.15) is 0 Å². The Morgan fingerprint density at radius 3 is 2.92 bits per heavy atom. The third-order valence-electron chi connectivity index (χ3n) is 4.35. The number of ether oxygens (including phenoxy) is 1. The fourth-order valence-corrected chi connectivity index (χ4v) is 5.06. The number of nitrogens with two attached hydrogens (primary N) is 1. The van der Waals surface area contributed by atoms with Crippen molar-refractivity contribution in [1.29, 1.82) is 0 Å². The first-order valence-electron chi connectivity index (χ1n) is 7.20. The second-order valence-electron chi connectivity index (χ2n) is 5.84. The summed E-state index contributed by atoms with van der Waals surface area (Å²) in [5.41, 5.74) is 5.69. The van der Waals surface area contributed by atoms with E-state index in [0.717, 1.165) is 0 Å². The van der Waals surface area contributed by atoms with E-state index in [2.05, 4.69) is 31.6 Å². The quantitative estimate of drug-likeness (QED) is 0.111. The van der Waals surface area contributed by atoms with E-state index in [9.17, 15) is 19.7 Å². The second kappa shape index (κ2) is 7.33. The molecule has 0 aromatic heterocycles. The summed E-state index contributed by atoms with van der Waals surface area (Å²) in [5.74, 6) is -0.414. The van der Waals surface area contributed by atoms with Crippen LogP contribution in [0.3, 0.4) is 0 Å². The minimum Gasteiger partial charge on any atom is -0.861 e. The number of fused-ring (bicyclic) bond motifs is 2. The van der Waals surface area contributed by atoms with Crippen LogP contribution in [0.5, 0.6) is 0 Å². The molecule has 0 bridgehead atoms. The molecule has 0 radical (unpaired) electrons. The molecular formula is C10H16BrN5NaO7P. The minimum absolute atomic E-state index is 0. The summed E-state index contributed by atoms with van der Waals surface area (Å²) in [7, 11) is -4.21. The molecule has 9 unspecified atom stereocenters. The zero-order valence-electron chi connectivity index (χ0n) is 13.1. The van der Waals surface area contributed by atoms with Crippen molar-refractivity contribution < 1.29 is 63.0 Å². The number of alkyl halides is 1. The summed E-state index contributed by atoms with van der Waals surface area (Å²) in [6.45, 7) is -0.185. The van der Waals surface area contributed by atoms with E-state index in [1.807, 2.05) is 0 Å². The van der Waals surface area contributed by atoms with Gasteiger partial charge in [-0.05, 0) is 5.90 Å². The molecule has 4 aliphatic heterocycles. The summed E-state index contributed by atoms with van der Waals surface area (Å²) in [6, 6.07) is -0.672. The molecule has 3 fully saturated rings. The van der Waals surface area contributed by atoms with Gasteiger partial charge in [0.2, 0.25) is 0 Å². The van der Waals surface area contributed by atoms with Crippen molar-refractivity contribution >= 4 is 29.7 Å². The van der Waals surface area contributed by atoms with Crippen LogP contribution < -0.4 is 51.0 Å². The molecule has 12 nitrogen and oxygen atoms in total. The topological polar surface area (TPSA) is 174 Å². The molecule has 4 heterocycles. The number of rotatable bonds is 1. The number of aliphatic hydroxyl groups is 1. The van der Waals surface area contributed by atoms with Gasteiger partial charge in [-0.25, -0.2) is 9.46 Å². The van der Waals surface area contributed by atoms with Gasteiger partial charge < -0.3 is 19.8 Å². The molecule has 0 amide bonds. The Morgan fingerprint density at radius 1 is 1.48 bits per heavy atom. The second-order valence-corrected chi connectivity index (χ2v) is 8.11. The Balaban J connectivity index is 0.00000182. The molecule has 3 saturated heterocycles. The van der Waals surface area contributed by atoms with Crippen molar-refractivity contribution in [3.63, 3.8) is 0 Å². The zero-order chi connectivity index (χ0) is 17.2. The van der Waals surface area contributed by atoms with Gasteiger partial charge in [0, 0.05) is 0 Å². The van der Waals surface area contributed by atoms with E-state index in [4.69, 9.17) is 19.5 Å². The maximum absolute atomic E-state index is 12.0. The van der Waals surface area contributed by atoms with Gasteiger partial charge in [-0.15, -0.1) is 0 Å². The van der Waals surface area contributed by atoms with E-state index in [0.29, 0.717) is 0 Å². The van der Waals surface area contributed by atoms with Gasteiger partial charge in [0.25, 0.3) is 0 Å². The molecule has 0 spiro atoms. The number of phosphoric acid groups is 1. The largest absolute Gasteiger partial charge is 1.00 e. The number of halogens is 1. The molecule has 136 valence electrons. The number of aliphatic hydroxyl groups excluding tert-OH is 1. The predicted octanol–water partition coefficient (Wildman–Crippen LogP) is -6.53. The van der Waals surface area contributed by atoms with Gasteiger partial charge in [-0.1, -0.05) is 15.9 Å². The third kappa shape index (κ3) is 3.61. The maximum Gasteiger partial charge on any atom is 1.00 e. The van der Waals surface area contributed by atoms with Crippen molar-refractivity contribution in [2.75, 3.05) is 6.61 Å². The fourth-order valence-electron chi connectivity index (χ4n) is 3.33. The molecule has 0 aromatic carbocycles. The first-order valence-corrected chi connectivity index (χ1v) is 9.61. The van der Waals surface area contributed by atoms with Crippen LogP contribution in [-0.2, 0) is 18.3 Å². The summed E-state index contributed by atoms with van der Waals surface area (Å²) in [5, 5.41) is 27.9. The molecule has 0 saturated carbocycles. The molecule has 0 aliphatic carbocycles. The van der Waals surface area contributed by atoms with Crippen molar-refractivity contribution in [1.82, 2.24) is 15.5 Å². The molecule has 0 aromatic rings. The first kappa shape index (κ1) is 20.6. The standard InChI is InChI=1S/C10H17BrN5O7P.Na/c11-9-13-3-6(14-10(12)15-7(3)18)16(9)8-4(17)5-2(22-8)1-21-24(19,20)23-5;/h2-6,8-10,13-14,17H,1,12H2,(H,15,18)(H,19,20);/q;+1/p-1. The Hall–Kier alpha value is 0.820. The van der Waals surface area contributed by atoms with Crippen LogP contribution in [0.25, 0.3) is 0 Å². The van der Waals surface area contributed by atoms with Crippen molar-refractivity contribution in [3.8, 4) is 0 Å². The van der Waals surface area contributed by atoms with Gasteiger partial charge in [-0.3, -0.25) is 30.4 Å². The molecular weight excluding hydrogens is 436 g/mol. The average molecular weight is 452 g/mol. The van der Waals surface area contributed by atoms with Gasteiger partial charge >= 0.3 is 37.4 Å². The summed E-state index contributed by atoms with van der Waals surface area (Å²) < 4.78 is 26.9. The number of hydrogen-bond donors (Lipinski definition) is 5. The predicted molar refractivity (Wildman–Crippen MR) is 79.1 cm³/mol. The van der Waals surface area contributed by atoms with Crippen molar-refractivity contribution in [2.24, 2.45) is 10.7 Å². The van der Waals surface area contributed by atoms with Crippen LogP contribution >= 0.6 is 23.8 Å². The van der Waals surface area contributed by atoms with Gasteiger partial charge in [0.15, 0.2) is 6.29 Å². The van der Waals surface area contributed by atoms with Crippen LogP contribution in [-0.4, -0.2) is 75.5 Å². The third-order valence-corrected chi connectivity index (χ3v) is 6.07. The van der Waals surface area contributed by atoms with Crippen molar-refractivity contribution in [2.45, 2.75) is 48.1 Å². The van der Waals surface area contributed by atoms with Crippen LogP contribution in [0.1, 0.15) is 0 Å². The molecule has 15 heteroatoms. The van der Waals surface area contributed by atoms with E-state index in [-0.39, 0.29) is 36.2 Å². The van der Waals surface area contributed by atoms with E-state index < -0.39 is 61.8 Å². The fraction of sp³-hybridized carbons (Fsp3) is 0.900. The number of aliphatic imine (C=N–C) groups is 1. The van der Waals surface area contributed by atoms with Crippen LogP contribution in [0.15, 0.2) is 4.99 Å². The molecule has 25 heavy (non-hydrogen) atoms. The van der Waals surface area contributed by atoms with Gasteiger partial charge in [0.05, 0.1) is 18.8 Å². The summed E-state index contributed by atoms with van der Waals surface area (Å²) in [6.07, 6.45) is -5.34. The SMILES string of the molecule is NC1N=C([O-])C2NC(Br)N(C3OC4COP(=O)(O)OC4C3O)C2N1.[Na+]. The Morgan fingerprint density at radius 2 is 2.20 bits per heavy atom. The van der Waals surface area contributed by atoms with Gasteiger partial charge in [0.1, 0.15) is 29.6 Å². The summed E-state index contributed by atoms with van der Waals surface area (Å²) in [4.78, 5) is 14.8. The molecule has 9 atom stereocenters. The molecule has 6 N–H and O–H groups in total. The Labute approximate surface area is 173 Å². The zero-order valence-corrected chi connectivity index (χ0v) is 17.5. The van der Waals surface area contributed by atoms with Crippen LogP contribution in [0, 0.1) is 0 Å². The minimum atomic E-state index is -4.21. The molecule has 4 aliphatic rings. The molecule has 4 rings (SSSR count). The van der Waals surface area contributed by atoms with Crippen LogP contribution in [0.2, 0.25) is 0 Å². The van der Waals surface area contributed by atoms with E-state index in [1.54, 1.807) is 4.90 Å². The first-order chi connectivity index (χ1) is 11.3. The number of hydrogen-bond acceptors (Lipinski definition) is 11. The van der Waals surface area contributed by atoms with Crippen LogP contribution in [0.4, 0.5) is 0 Å². The van der Waals surface area contributed by atoms with E-state index >= 15 is 0 Å². The number of nitrogens with one attached hydrogen (secondary N) is 2. The van der Waals surface area contributed by atoms with E-state index in [1.165, 1.54) is 0 Å². The average Bonchev–Trinajstić information content (AvgIpc) is 2.96. The maximum atomic E-state index is 12.0. The van der Waals surface area contributed by atoms with Crippen molar-refractivity contribution in [3.05, 3.63) is 0 Å². The number of phosphoric ester groups is 1. The smallest absolute Gasteiger partial charge is 0.861 e. The number of nitrogens with zero attached hydrogens (tertiary/aromatic N) is 2.